The van der Waals surface area contributed by atoms with Crippen molar-refractivity contribution in [1.29, 1.82) is 0 Å². The summed E-state index contributed by atoms with van der Waals surface area (Å²) < 4.78 is 31.5. The molecule has 1 heterocycles. The largest absolute Gasteiger partial charge is 0.359 e. The van der Waals surface area contributed by atoms with Crippen LogP contribution >= 0.6 is 0 Å². The van der Waals surface area contributed by atoms with Gasteiger partial charge in [0.15, 0.2) is 0 Å². The fourth-order valence-electron chi connectivity index (χ4n) is 5.88. The van der Waals surface area contributed by atoms with Crippen molar-refractivity contribution in [2.75, 3.05) is 25.0 Å². The lowest BCUT2D eigenvalue weighted by atomic mass is 9.96. The van der Waals surface area contributed by atoms with Crippen LogP contribution in [0, 0.1) is 6.92 Å². The number of carbonyl (C=O) groups excluding carboxylic acids is 2. The molecule has 0 saturated carbocycles. The molecule has 1 aliphatic heterocycles. The standard InChI is InChI=1S/C29H31F2N3O2/c1-19-7-3-4-12-24(19)34(26(36)14-13-25(35)32-2)21-15-17-33(18-16-21)28-22-10-5-8-20-9-6-11-23(27(20)22)29(28,30)31/h3-12,21,28H,13-18H2,1-2H3,(H,32,35)/t28-/m0/s1. The Hall–Kier alpha value is -3.32. The molecular weight excluding hydrogens is 460 g/mol. The van der Waals surface area contributed by atoms with Gasteiger partial charge in [-0.05, 0) is 47.7 Å². The SMILES string of the molecule is CNC(=O)CCC(=O)N(c1ccccc1C)C1CCN([C@H]2c3cccc4cccc(c34)C2(F)F)CC1. The van der Waals surface area contributed by atoms with E-state index in [0.717, 1.165) is 16.6 Å². The Morgan fingerprint density at radius 3 is 2.39 bits per heavy atom. The molecule has 0 bridgehead atoms. The smallest absolute Gasteiger partial charge is 0.293 e. The zero-order valence-electron chi connectivity index (χ0n) is 20.6. The molecule has 188 valence electrons. The molecule has 1 aliphatic carbocycles. The Morgan fingerprint density at radius 1 is 1.00 bits per heavy atom. The lowest BCUT2D eigenvalue weighted by molar-refractivity contribution is -0.125. The van der Waals surface area contributed by atoms with Crippen LogP contribution in [0.4, 0.5) is 14.5 Å². The maximum atomic E-state index is 15.7. The number of nitrogens with one attached hydrogen (secondary N) is 1. The molecule has 3 aromatic carbocycles. The number of hydrogen-bond donors (Lipinski definition) is 1. The number of nitrogens with zero attached hydrogens (tertiary/aromatic N) is 2. The highest BCUT2D eigenvalue weighted by molar-refractivity contribution is 5.96. The highest BCUT2D eigenvalue weighted by atomic mass is 19.3. The van der Waals surface area contributed by atoms with E-state index in [9.17, 15) is 9.59 Å². The number of anilines is 1. The van der Waals surface area contributed by atoms with Gasteiger partial charge in [-0.3, -0.25) is 14.5 Å². The van der Waals surface area contributed by atoms with Gasteiger partial charge in [0.05, 0.1) is 0 Å². The predicted octanol–water partition coefficient (Wildman–Crippen LogP) is 5.32. The molecule has 5 rings (SSSR count). The van der Waals surface area contributed by atoms with Crippen molar-refractivity contribution in [2.24, 2.45) is 0 Å². The zero-order valence-corrected chi connectivity index (χ0v) is 20.6. The van der Waals surface area contributed by atoms with Gasteiger partial charge >= 0.3 is 0 Å². The van der Waals surface area contributed by atoms with Crippen molar-refractivity contribution in [2.45, 2.75) is 50.6 Å². The summed E-state index contributed by atoms with van der Waals surface area (Å²) in [5.41, 5.74) is 2.58. The van der Waals surface area contributed by atoms with Gasteiger partial charge in [0.1, 0.15) is 6.04 Å². The Labute approximate surface area is 210 Å². The average Bonchev–Trinajstić information content (AvgIpc) is 3.12. The Balaban J connectivity index is 1.38. The number of benzene rings is 3. The lowest BCUT2D eigenvalue weighted by Gasteiger charge is -2.42. The summed E-state index contributed by atoms with van der Waals surface area (Å²) in [7, 11) is 1.55. The number of aryl methyl sites for hydroxylation is 1. The highest BCUT2D eigenvalue weighted by Crippen LogP contribution is 2.54. The van der Waals surface area contributed by atoms with Gasteiger partial charge in [-0.2, -0.15) is 8.78 Å². The number of likely N-dealkylation sites (tertiary alicyclic amines) is 1. The summed E-state index contributed by atoms with van der Waals surface area (Å²) in [5.74, 6) is -3.27. The second-order valence-corrected chi connectivity index (χ2v) is 9.77. The number of para-hydroxylation sites is 1. The first-order chi connectivity index (χ1) is 17.3. The van der Waals surface area contributed by atoms with E-state index < -0.39 is 12.0 Å². The van der Waals surface area contributed by atoms with Crippen LogP contribution in [-0.4, -0.2) is 42.9 Å². The minimum absolute atomic E-state index is 0.103. The number of hydrogen-bond acceptors (Lipinski definition) is 3. The molecule has 2 amide bonds. The van der Waals surface area contributed by atoms with E-state index in [4.69, 9.17) is 0 Å². The van der Waals surface area contributed by atoms with Crippen LogP contribution in [0.25, 0.3) is 10.8 Å². The van der Waals surface area contributed by atoms with Crippen LogP contribution in [0.1, 0.15) is 48.4 Å². The third kappa shape index (κ3) is 4.15. The first-order valence-electron chi connectivity index (χ1n) is 12.5. The average molecular weight is 492 g/mol. The van der Waals surface area contributed by atoms with Gasteiger partial charge in [-0.1, -0.05) is 54.6 Å². The molecule has 0 spiro atoms. The van der Waals surface area contributed by atoms with Crippen molar-refractivity contribution < 1.29 is 18.4 Å². The van der Waals surface area contributed by atoms with Gasteiger partial charge in [-0.15, -0.1) is 0 Å². The zero-order chi connectivity index (χ0) is 25.4. The summed E-state index contributed by atoms with van der Waals surface area (Å²) in [6.07, 6.45) is 1.39. The Bertz CT molecular complexity index is 1300. The first kappa shape index (κ1) is 24.4. The molecule has 3 aromatic rings. The van der Waals surface area contributed by atoms with E-state index in [1.807, 2.05) is 60.4 Å². The van der Waals surface area contributed by atoms with Crippen molar-refractivity contribution >= 4 is 28.3 Å². The third-order valence-electron chi connectivity index (χ3n) is 7.65. The summed E-state index contributed by atoms with van der Waals surface area (Å²) in [6.45, 7) is 2.88. The number of amides is 2. The van der Waals surface area contributed by atoms with Crippen molar-refractivity contribution in [1.82, 2.24) is 10.2 Å². The minimum Gasteiger partial charge on any atom is -0.359 e. The van der Waals surface area contributed by atoms with E-state index in [2.05, 4.69) is 5.32 Å². The van der Waals surface area contributed by atoms with Crippen LogP contribution < -0.4 is 10.2 Å². The number of rotatable bonds is 6. The maximum Gasteiger partial charge on any atom is 0.293 e. The first-order valence-corrected chi connectivity index (χ1v) is 12.5. The van der Waals surface area contributed by atoms with Crippen LogP contribution in [0.2, 0.25) is 0 Å². The minimum atomic E-state index is -2.98. The molecule has 0 radical (unpaired) electrons. The third-order valence-corrected chi connectivity index (χ3v) is 7.65. The number of halogens is 2. The Morgan fingerprint density at radius 2 is 1.69 bits per heavy atom. The van der Waals surface area contributed by atoms with E-state index in [-0.39, 0.29) is 36.3 Å². The topological polar surface area (TPSA) is 52.7 Å². The number of carbonyl (C=O) groups is 2. The van der Waals surface area contributed by atoms with Crippen molar-refractivity contribution in [3.05, 3.63) is 77.4 Å². The molecule has 1 N–H and O–H groups in total. The monoisotopic (exact) mass is 491 g/mol. The fraction of sp³-hybridized carbons (Fsp3) is 0.379. The lowest BCUT2D eigenvalue weighted by Crippen LogP contribution is -2.50. The van der Waals surface area contributed by atoms with Crippen molar-refractivity contribution in [3.8, 4) is 0 Å². The van der Waals surface area contributed by atoms with Crippen molar-refractivity contribution in [3.63, 3.8) is 0 Å². The normalized spacial score (nSPS) is 19.4. The van der Waals surface area contributed by atoms with E-state index in [0.29, 0.717) is 36.9 Å². The number of alkyl halides is 2. The number of piperidine rings is 1. The van der Waals surface area contributed by atoms with E-state index in [1.54, 1.807) is 24.1 Å². The summed E-state index contributed by atoms with van der Waals surface area (Å²) in [6, 6.07) is 17.3. The van der Waals surface area contributed by atoms with Crippen LogP contribution in [0.15, 0.2) is 60.7 Å². The Kier molecular flexibility index (Phi) is 6.51. The van der Waals surface area contributed by atoms with Crippen LogP contribution in [0.5, 0.6) is 0 Å². The predicted molar refractivity (Wildman–Crippen MR) is 137 cm³/mol. The second kappa shape index (κ2) is 9.62. The van der Waals surface area contributed by atoms with Gasteiger partial charge in [0.2, 0.25) is 11.8 Å². The maximum absolute atomic E-state index is 15.7. The van der Waals surface area contributed by atoms with Crippen LogP contribution in [-0.2, 0) is 15.5 Å². The molecule has 2 aliphatic rings. The van der Waals surface area contributed by atoms with E-state index in [1.165, 1.54) is 0 Å². The molecule has 0 aromatic heterocycles. The van der Waals surface area contributed by atoms with Gasteiger partial charge in [-0.25, -0.2) is 0 Å². The summed E-state index contributed by atoms with van der Waals surface area (Å²) in [5, 5.41) is 4.07. The van der Waals surface area contributed by atoms with Gasteiger partial charge < -0.3 is 10.2 Å². The molecule has 5 nitrogen and oxygen atoms in total. The molecule has 1 saturated heterocycles. The molecule has 1 atom stereocenters. The molecular formula is C29H31F2N3O2. The van der Waals surface area contributed by atoms with E-state index >= 15 is 8.78 Å². The van der Waals surface area contributed by atoms with Gasteiger partial charge in [0, 0.05) is 50.3 Å². The van der Waals surface area contributed by atoms with Gasteiger partial charge in [0.25, 0.3) is 5.92 Å². The second-order valence-electron chi connectivity index (χ2n) is 9.77. The fourth-order valence-corrected chi connectivity index (χ4v) is 5.88. The molecule has 7 heteroatoms. The molecule has 1 fully saturated rings. The molecule has 36 heavy (non-hydrogen) atoms. The molecule has 0 unspecified atom stereocenters. The quantitative estimate of drug-likeness (QED) is 0.508. The summed E-state index contributed by atoms with van der Waals surface area (Å²) >= 11 is 0. The highest BCUT2D eigenvalue weighted by Gasteiger charge is 2.52. The summed E-state index contributed by atoms with van der Waals surface area (Å²) in [4.78, 5) is 28.8. The van der Waals surface area contributed by atoms with Crippen LogP contribution in [0.3, 0.4) is 0 Å².